The molecule has 15 heavy (non-hydrogen) atoms. The topological polar surface area (TPSA) is 29.1 Å². The second-order valence-electron chi connectivity index (χ2n) is 4.11. The Morgan fingerprint density at radius 1 is 1.53 bits per heavy atom. The van der Waals surface area contributed by atoms with Crippen molar-refractivity contribution in [2.45, 2.75) is 19.8 Å². The van der Waals surface area contributed by atoms with Crippen LogP contribution in [0.3, 0.4) is 0 Å². The highest BCUT2D eigenvalue weighted by molar-refractivity contribution is 5.95. The molecule has 0 saturated heterocycles. The number of nitrogens with one attached hydrogen (secondary N) is 1. The Hall–Kier alpha value is -1.38. The van der Waals surface area contributed by atoms with Crippen LogP contribution in [0, 0.1) is 18.7 Å². The van der Waals surface area contributed by atoms with Gasteiger partial charge in [-0.1, -0.05) is 0 Å². The van der Waals surface area contributed by atoms with Crippen molar-refractivity contribution in [3.05, 3.63) is 35.1 Å². The van der Waals surface area contributed by atoms with Crippen molar-refractivity contribution in [1.82, 2.24) is 5.32 Å². The van der Waals surface area contributed by atoms with E-state index in [0.717, 1.165) is 6.54 Å². The first-order valence-corrected chi connectivity index (χ1v) is 5.21. The van der Waals surface area contributed by atoms with Crippen molar-refractivity contribution in [2.24, 2.45) is 5.92 Å². The van der Waals surface area contributed by atoms with E-state index in [4.69, 9.17) is 0 Å². The normalized spacial score (nSPS) is 15.1. The number of carbonyl (C=O) groups is 1. The molecule has 3 heteroatoms. The van der Waals surface area contributed by atoms with E-state index in [1.165, 1.54) is 31.0 Å². The standard InChI is InChI=1S/C12H14FNO/c1-8-6-10(13)4-5-11(8)12(15)14-7-9-2-3-9/h4-6,9H,2-3,7H2,1H3,(H,14,15). The molecular weight excluding hydrogens is 193 g/mol. The third-order valence-electron chi connectivity index (χ3n) is 2.68. The quantitative estimate of drug-likeness (QED) is 0.809. The Morgan fingerprint density at radius 2 is 2.27 bits per heavy atom. The van der Waals surface area contributed by atoms with Gasteiger partial charge in [-0.2, -0.15) is 0 Å². The minimum absolute atomic E-state index is 0.0978. The summed E-state index contributed by atoms with van der Waals surface area (Å²) in [6.07, 6.45) is 2.42. The van der Waals surface area contributed by atoms with Crippen molar-refractivity contribution in [1.29, 1.82) is 0 Å². The summed E-state index contributed by atoms with van der Waals surface area (Å²) < 4.78 is 12.8. The fourth-order valence-electron chi connectivity index (χ4n) is 1.54. The molecular formula is C12H14FNO. The van der Waals surface area contributed by atoms with Gasteiger partial charge in [0.25, 0.3) is 5.91 Å². The molecule has 2 nitrogen and oxygen atoms in total. The molecule has 0 radical (unpaired) electrons. The Morgan fingerprint density at radius 3 is 2.87 bits per heavy atom. The highest BCUT2D eigenvalue weighted by atomic mass is 19.1. The lowest BCUT2D eigenvalue weighted by Gasteiger charge is -2.06. The largest absolute Gasteiger partial charge is 0.352 e. The molecule has 0 spiro atoms. The summed E-state index contributed by atoms with van der Waals surface area (Å²) in [6.45, 7) is 2.49. The summed E-state index contributed by atoms with van der Waals surface area (Å²) in [5.74, 6) is 0.264. The lowest BCUT2D eigenvalue weighted by Crippen LogP contribution is -2.26. The number of hydrogen-bond acceptors (Lipinski definition) is 1. The predicted octanol–water partition coefficient (Wildman–Crippen LogP) is 2.27. The smallest absolute Gasteiger partial charge is 0.251 e. The van der Waals surface area contributed by atoms with Gasteiger partial charge in [0.2, 0.25) is 0 Å². The highest BCUT2D eigenvalue weighted by Gasteiger charge is 2.22. The minimum atomic E-state index is -0.300. The number of carbonyl (C=O) groups excluding carboxylic acids is 1. The minimum Gasteiger partial charge on any atom is -0.352 e. The molecule has 1 fully saturated rings. The average molecular weight is 207 g/mol. The van der Waals surface area contributed by atoms with E-state index < -0.39 is 0 Å². The molecule has 1 aliphatic rings. The third kappa shape index (κ3) is 2.55. The summed E-state index contributed by atoms with van der Waals surface area (Å²) in [6, 6.07) is 4.23. The van der Waals surface area contributed by atoms with Crippen molar-refractivity contribution in [3.8, 4) is 0 Å². The number of rotatable bonds is 3. The summed E-state index contributed by atoms with van der Waals surface area (Å²) in [5, 5.41) is 2.86. The number of hydrogen-bond donors (Lipinski definition) is 1. The molecule has 1 saturated carbocycles. The zero-order valence-corrected chi connectivity index (χ0v) is 8.72. The fraction of sp³-hybridized carbons (Fsp3) is 0.417. The van der Waals surface area contributed by atoms with Crippen LogP contribution in [0.1, 0.15) is 28.8 Å². The van der Waals surface area contributed by atoms with Crippen molar-refractivity contribution in [2.75, 3.05) is 6.54 Å². The predicted molar refractivity (Wildman–Crippen MR) is 56.2 cm³/mol. The van der Waals surface area contributed by atoms with E-state index in [-0.39, 0.29) is 11.7 Å². The maximum absolute atomic E-state index is 12.8. The monoisotopic (exact) mass is 207 g/mol. The van der Waals surface area contributed by atoms with E-state index in [0.29, 0.717) is 17.0 Å². The first-order valence-electron chi connectivity index (χ1n) is 5.21. The average Bonchev–Trinajstić information content (AvgIpc) is 2.97. The van der Waals surface area contributed by atoms with Crippen LogP contribution < -0.4 is 5.32 Å². The first-order chi connectivity index (χ1) is 7.16. The molecule has 1 amide bonds. The Balaban J connectivity index is 2.03. The van der Waals surface area contributed by atoms with Crippen LogP contribution in [-0.4, -0.2) is 12.5 Å². The van der Waals surface area contributed by atoms with Crippen LogP contribution >= 0.6 is 0 Å². The number of benzene rings is 1. The van der Waals surface area contributed by atoms with E-state index in [1.54, 1.807) is 6.92 Å². The summed E-state index contributed by atoms with van der Waals surface area (Å²) in [5.41, 5.74) is 1.25. The van der Waals surface area contributed by atoms with E-state index >= 15 is 0 Å². The van der Waals surface area contributed by atoms with Crippen LogP contribution in [0.4, 0.5) is 4.39 Å². The van der Waals surface area contributed by atoms with Gasteiger partial charge in [-0.05, 0) is 49.4 Å². The molecule has 0 bridgehead atoms. The second kappa shape index (κ2) is 4.01. The maximum atomic E-state index is 12.8. The number of aryl methyl sites for hydroxylation is 1. The number of halogens is 1. The van der Waals surface area contributed by atoms with Gasteiger partial charge in [-0.3, -0.25) is 4.79 Å². The Labute approximate surface area is 88.5 Å². The van der Waals surface area contributed by atoms with Crippen molar-refractivity contribution in [3.63, 3.8) is 0 Å². The SMILES string of the molecule is Cc1cc(F)ccc1C(=O)NCC1CC1. The van der Waals surface area contributed by atoms with Gasteiger partial charge < -0.3 is 5.32 Å². The summed E-state index contributed by atoms with van der Waals surface area (Å²) >= 11 is 0. The van der Waals surface area contributed by atoms with Gasteiger partial charge in [-0.15, -0.1) is 0 Å². The molecule has 80 valence electrons. The van der Waals surface area contributed by atoms with E-state index in [2.05, 4.69) is 5.32 Å². The molecule has 0 atom stereocenters. The maximum Gasteiger partial charge on any atom is 0.251 e. The molecule has 1 aromatic rings. The summed E-state index contributed by atoms with van der Waals surface area (Å²) in [7, 11) is 0. The van der Waals surface area contributed by atoms with Crippen LogP contribution in [0.15, 0.2) is 18.2 Å². The molecule has 1 aliphatic carbocycles. The first kappa shape index (κ1) is 10.1. The van der Waals surface area contributed by atoms with Crippen LogP contribution in [-0.2, 0) is 0 Å². The molecule has 0 heterocycles. The zero-order chi connectivity index (χ0) is 10.8. The van der Waals surface area contributed by atoms with Gasteiger partial charge in [0.1, 0.15) is 5.82 Å². The lowest BCUT2D eigenvalue weighted by atomic mass is 10.1. The van der Waals surface area contributed by atoms with Crippen molar-refractivity contribution >= 4 is 5.91 Å². The van der Waals surface area contributed by atoms with Gasteiger partial charge in [-0.25, -0.2) is 4.39 Å². The second-order valence-corrected chi connectivity index (χ2v) is 4.11. The van der Waals surface area contributed by atoms with E-state index in [1.807, 2.05) is 0 Å². The van der Waals surface area contributed by atoms with E-state index in [9.17, 15) is 9.18 Å². The Bertz CT molecular complexity index is 385. The van der Waals surface area contributed by atoms with Crippen LogP contribution in [0.25, 0.3) is 0 Å². The molecule has 1 N–H and O–H groups in total. The lowest BCUT2D eigenvalue weighted by molar-refractivity contribution is 0.0951. The Kier molecular flexibility index (Phi) is 2.71. The van der Waals surface area contributed by atoms with Gasteiger partial charge in [0.05, 0.1) is 0 Å². The van der Waals surface area contributed by atoms with Gasteiger partial charge >= 0.3 is 0 Å². The molecule has 0 aromatic heterocycles. The van der Waals surface area contributed by atoms with Crippen molar-refractivity contribution < 1.29 is 9.18 Å². The summed E-state index contributed by atoms with van der Waals surface area (Å²) in [4.78, 5) is 11.7. The highest BCUT2D eigenvalue weighted by Crippen LogP contribution is 2.27. The van der Waals surface area contributed by atoms with Crippen LogP contribution in [0.5, 0.6) is 0 Å². The zero-order valence-electron chi connectivity index (χ0n) is 8.72. The number of amides is 1. The van der Waals surface area contributed by atoms with Gasteiger partial charge in [0.15, 0.2) is 0 Å². The molecule has 2 rings (SSSR count). The van der Waals surface area contributed by atoms with Crippen LogP contribution in [0.2, 0.25) is 0 Å². The van der Waals surface area contributed by atoms with Gasteiger partial charge in [0, 0.05) is 12.1 Å². The molecule has 1 aromatic carbocycles. The molecule has 0 unspecified atom stereocenters. The third-order valence-corrected chi connectivity index (χ3v) is 2.68. The molecule has 0 aliphatic heterocycles. The fourth-order valence-corrected chi connectivity index (χ4v) is 1.54.